The fraction of sp³-hybridized carbons (Fsp3) is 0.318. The van der Waals surface area contributed by atoms with Crippen molar-refractivity contribution < 1.29 is 4.74 Å². The van der Waals surface area contributed by atoms with Crippen LogP contribution < -0.4 is 4.90 Å². The van der Waals surface area contributed by atoms with Gasteiger partial charge in [0, 0.05) is 30.7 Å². The molecule has 1 aliphatic heterocycles. The van der Waals surface area contributed by atoms with Crippen molar-refractivity contribution in [1.29, 1.82) is 0 Å². The highest BCUT2D eigenvalue weighted by Gasteiger charge is 2.14. The monoisotopic (exact) mass is 368 g/mol. The van der Waals surface area contributed by atoms with Gasteiger partial charge in [0.05, 0.1) is 13.2 Å². The van der Waals surface area contributed by atoms with Crippen molar-refractivity contribution in [2.75, 3.05) is 31.2 Å². The minimum atomic E-state index is 0. The van der Waals surface area contributed by atoms with Gasteiger partial charge in [-0.15, -0.1) is 12.4 Å². The van der Waals surface area contributed by atoms with Crippen LogP contribution in [0.1, 0.15) is 16.8 Å². The smallest absolute Gasteiger partial charge is 0.0642 e. The molecule has 0 atom stereocenters. The Labute approximate surface area is 161 Å². The average molecular weight is 369 g/mol. The van der Waals surface area contributed by atoms with Crippen LogP contribution in [0.5, 0.6) is 0 Å². The van der Waals surface area contributed by atoms with Crippen molar-refractivity contribution in [2.45, 2.75) is 19.8 Å². The molecule has 0 amide bonds. The van der Waals surface area contributed by atoms with Crippen molar-refractivity contribution in [3.05, 3.63) is 71.5 Å². The molecule has 4 rings (SSSR count). The molecule has 2 aromatic carbocycles. The van der Waals surface area contributed by atoms with E-state index in [9.17, 15) is 0 Å². The lowest BCUT2D eigenvalue weighted by molar-refractivity contribution is 0.122. The standard InChI is InChI=1S/C22H24N2O.ClH/c1-17-16-23-20(15-22(17)24-11-13-25-14-12-24)10-9-19-7-4-6-18-5-2-3-8-21(18)19;/h2-8,15-16H,9-14H2,1H3;1H. The van der Waals surface area contributed by atoms with Gasteiger partial charge in [-0.05, 0) is 47.7 Å². The van der Waals surface area contributed by atoms with E-state index in [1.807, 2.05) is 6.20 Å². The number of halogens is 1. The average Bonchev–Trinajstić information content (AvgIpc) is 2.68. The van der Waals surface area contributed by atoms with E-state index in [0.29, 0.717) is 0 Å². The molecule has 1 fully saturated rings. The highest BCUT2D eigenvalue weighted by molar-refractivity contribution is 5.86. The zero-order chi connectivity index (χ0) is 17.1. The van der Waals surface area contributed by atoms with E-state index >= 15 is 0 Å². The van der Waals surface area contributed by atoms with E-state index in [1.165, 1.54) is 33.3 Å². The maximum Gasteiger partial charge on any atom is 0.0642 e. The highest BCUT2D eigenvalue weighted by Crippen LogP contribution is 2.23. The van der Waals surface area contributed by atoms with Gasteiger partial charge in [-0.2, -0.15) is 0 Å². The van der Waals surface area contributed by atoms with Crippen LogP contribution >= 0.6 is 12.4 Å². The van der Waals surface area contributed by atoms with Gasteiger partial charge in [0.1, 0.15) is 0 Å². The summed E-state index contributed by atoms with van der Waals surface area (Å²) in [4.78, 5) is 7.09. The molecule has 1 saturated heterocycles. The topological polar surface area (TPSA) is 25.4 Å². The molecule has 26 heavy (non-hydrogen) atoms. The van der Waals surface area contributed by atoms with Crippen molar-refractivity contribution in [3.8, 4) is 0 Å². The van der Waals surface area contributed by atoms with Crippen LogP contribution in [0.2, 0.25) is 0 Å². The largest absolute Gasteiger partial charge is 0.378 e. The van der Waals surface area contributed by atoms with Gasteiger partial charge in [-0.25, -0.2) is 0 Å². The third kappa shape index (κ3) is 4.00. The Balaban J connectivity index is 0.00000196. The molecule has 0 saturated carbocycles. The number of anilines is 1. The molecule has 3 nitrogen and oxygen atoms in total. The fourth-order valence-corrected chi connectivity index (χ4v) is 3.61. The summed E-state index contributed by atoms with van der Waals surface area (Å²) < 4.78 is 5.48. The Bertz CT molecular complexity index is 870. The molecule has 0 spiro atoms. The summed E-state index contributed by atoms with van der Waals surface area (Å²) in [6.45, 7) is 5.70. The molecule has 2 heterocycles. The number of ether oxygens (including phenoxy) is 1. The molecule has 0 radical (unpaired) electrons. The van der Waals surface area contributed by atoms with Gasteiger partial charge < -0.3 is 9.64 Å². The first-order valence-electron chi connectivity index (χ1n) is 9.06. The number of hydrogen-bond donors (Lipinski definition) is 0. The second kappa shape index (κ2) is 8.52. The summed E-state index contributed by atoms with van der Waals surface area (Å²) in [5, 5.41) is 2.66. The second-order valence-electron chi connectivity index (χ2n) is 6.70. The summed E-state index contributed by atoms with van der Waals surface area (Å²) >= 11 is 0. The molecule has 136 valence electrons. The molecule has 0 N–H and O–H groups in total. The number of nitrogens with zero attached hydrogens (tertiary/aromatic N) is 2. The van der Waals surface area contributed by atoms with Gasteiger partial charge >= 0.3 is 0 Å². The number of fused-ring (bicyclic) bond motifs is 1. The number of aromatic nitrogens is 1. The number of morpholine rings is 1. The van der Waals surface area contributed by atoms with Crippen molar-refractivity contribution >= 4 is 28.9 Å². The summed E-state index contributed by atoms with van der Waals surface area (Å²) in [5.41, 5.74) is 5.12. The lowest BCUT2D eigenvalue weighted by atomic mass is 10.00. The zero-order valence-electron chi connectivity index (χ0n) is 15.1. The number of benzene rings is 2. The predicted octanol–water partition coefficient (Wildman–Crippen LogP) is 4.59. The summed E-state index contributed by atoms with van der Waals surface area (Å²) in [6.07, 6.45) is 3.99. The zero-order valence-corrected chi connectivity index (χ0v) is 16.0. The first-order chi connectivity index (χ1) is 12.3. The van der Waals surface area contributed by atoms with Crippen LogP contribution in [0.15, 0.2) is 54.7 Å². The van der Waals surface area contributed by atoms with Crippen LogP contribution in [0.25, 0.3) is 10.8 Å². The minimum absolute atomic E-state index is 0. The van der Waals surface area contributed by atoms with Gasteiger partial charge in [-0.1, -0.05) is 42.5 Å². The van der Waals surface area contributed by atoms with Crippen molar-refractivity contribution in [2.24, 2.45) is 0 Å². The number of hydrogen-bond acceptors (Lipinski definition) is 3. The quantitative estimate of drug-likeness (QED) is 0.673. The van der Waals surface area contributed by atoms with Crippen LogP contribution in [0, 0.1) is 6.92 Å². The molecule has 0 unspecified atom stereocenters. The maximum absolute atomic E-state index is 5.48. The summed E-state index contributed by atoms with van der Waals surface area (Å²) in [5.74, 6) is 0. The molecule has 3 aromatic rings. The van der Waals surface area contributed by atoms with Gasteiger partial charge in [0.2, 0.25) is 0 Å². The number of pyridine rings is 1. The maximum atomic E-state index is 5.48. The predicted molar refractivity (Wildman–Crippen MR) is 111 cm³/mol. The van der Waals surface area contributed by atoms with E-state index in [2.05, 4.69) is 65.3 Å². The van der Waals surface area contributed by atoms with E-state index in [1.54, 1.807) is 0 Å². The number of aryl methyl sites for hydroxylation is 3. The minimum Gasteiger partial charge on any atom is -0.378 e. The Morgan fingerprint density at radius 2 is 1.77 bits per heavy atom. The third-order valence-corrected chi connectivity index (χ3v) is 5.01. The van der Waals surface area contributed by atoms with Crippen LogP contribution in [0.3, 0.4) is 0 Å². The van der Waals surface area contributed by atoms with Crippen LogP contribution in [-0.4, -0.2) is 31.3 Å². The van der Waals surface area contributed by atoms with Crippen LogP contribution in [0.4, 0.5) is 5.69 Å². The van der Waals surface area contributed by atoms with E-state index in [0.717, 1.165) is 39.1 Å². The Morgan fingerprint density at radius 1 is 1.00 bits per heavy atom. The van der Waals surface area contributed by atoms with E-state index < -0.39 is 0 Å². The van der Waals surface area contributed by atoms with Gasteiger partial charge in [0.15, 0.2) is 0 Å². The first-order valence-corrected chi connectivity index (χ1v) is 9.06. The lowest BCUT2D eigenvalue weighted by Gasteiger charge is -2.30. The van der Waals surface area contributed by atoms with Gasteiger partial charge in [-0.3, -0.25) is 4.98 Å². The Hall–Kier alpha value is -2.10. The molecule has 1 aromatic heterocycles. The highest BCUT2D eigenvalue weighted by atomic mass is 35.5. The summed E-state index contributed by atoms with van der Waals surface area (Å²) in [6, 6.07) is 17.4. The molecule has 1 aliphatic rings. The van der Waals surface area contributed by atoms with Gasteiger partial charge in [0.25, 0.3) is 0 Å². The normalized spacial score (nSPS) is 14.3. The molecule has 0 bridgehead atoms. The van der Waals surface area contributed by atoms with Crippen molar-refractivity contribution in [3.63, 3.8) is 0 Å². The third-order valence-electron chi connectivity index (χ3n) is 5.01. The first kappa shape index (κ1) is 18.7. The summed E-state index contributed by atoms with van der Waals surface area (Å²) in [7, 11) is 0. The van der Waals surface area contributed by atoms with Crippen molar-refractivity contribution in [1.82, 2.24) is 4.98 Å². The van der Waals surface area contributed by atoms with Crippen LogP contribution in [-0.2, 0) is 17.6 Å². The molecular weight excluding hydrogens is 344 g/mol. The Morgan fingerprint density at radius 3 is 2.62 bits per heavy atom. The SMILES string of the molecule is Cc1cnc(CCc2cccc3ccccc23)cc1N1CCOCC1.Cl. The number of rotatable bonds is 4. The fourth-order valence-electron chi connectivity index (χ4n) is 3.61. The molecule has 0 aliphatic carbocycles. The van der Waals surface area contributed by atoms with E-state index in [4.69, 9.17) is 4.74 Å². The molecular formula is C22H25ClN2O. The Kier molecular flexibility index (Phi) is 6.12. The second-order valence-corrected chi connectivity index (χ2v) is 6.70. The lowest BCUT2D eigenvalue weighted by Crippen LogP contribution is -2.36. The molecule has 4 heteroatoms. The van der Waals surface area contributed by atoms with E-state index in [-0.39, 0.29) is 12.4 Å².